The quantitative estimate of drug-likeness (QED) is 0.560. The average Bonchev–Trinajstić information content (AvgIpc) is 1.53. The van der Waals surface area contributed by atoms with Gasteiger partial charge in [0.25, 0.3) is 0 Å². The van der Waals surface area contributed by atoms with Crippen LogP contribution in [0.1, 0.15) is 27.7 Å². The van der Waals surface area contributed by atoms with E-state index in [-0.39, 0.29) is 17.4 Å². The second kappa shape index (κ2) is 6.22. The van der Waals surface area contributed by atoms with Gasteiger partial charge < -0.3 is 4.89 Å². The molecule has 4 heteroatoms. The normalized spacial score (nSPS) is 11.9. The van der Waals surface area contributed by atoms with Crippen molar-refractivity contribution in [3.8, 4) is 0 Å². The molecule has 0 unspecified atom stereocenters. The molecule has 0 amide bonds. The van der Waals surface area contributed by atoms with Gasteiger partial charge in [-0.3, -0.25) is 4.57 Å². The molecule has 0 aliphatic heterocycles. The van der Waals surface area contributed by atoms with E-state index in [1.165, 1.54) is 0 Å². The first-order chi connectivity index (χ1) is 4.83. The van der Waals surface area contributed by atoms with Crippen molar-refractivity contribution >= 4 is 24.7 Å². The van der Waals surface area contributed by atoms with E-state index in [1.807, 2.05) is 27.7 Å². The highest BCUT2D eigenvalue weighted by Gasteiger charge is 2.20. The Balaban J connectivity index is 0. The molecule has 0 aromatic carbocycles. The molecule has 0 aromatic rings. The molecule has 1 N–H and O–H groups in total. The molecule has 0 saturated carbocycles. The van der Waals surface area contributed by atoms with Gasteiger partial charge in [-0.15, -0.1) is 0 Å². The Morgan fingerprint density at radius 3 is 1.50 bits per heavy atom. The standard InChI is InChI=1S/C8H19O2P.Al.3H/c1-7(2)5-11(9,10)6-8(3)4;;;;/h7-8H,5-6H2,1-4H3,(H,9,10);;;;. The van der Waals surface area contributed by atoms with E-state index < -0.39 is 7.37 Å². The van der Waals surface area contributed by atoms with E-state index in [1.54, 1.807) is 0 Å². The summed E-state index contributed by atoms with van der Waals surface area (Å²) in [6, 6.07) is 0. The van der Waals surface area contributed by atoms with Crippen molar-refractivity contribution in [2.45, 2.75) is 27.7 Å². The summed E-state index contributed by atoms with van der Waals surface area (Å²) in [4.78, 5) is 9.41. The van der Waals surface area contributed by atoms with E-state index in [9.17, 15) is 9.46 Å². The van der Waals surface area contributed by atoms with Crippen molar-refractivity contribution in [1.29, 1.82) is 0 Å². The minimum atomic E-state index is -2.80. The Morgan fingerprint density at radius 2 is 1.33 bits per heavy atom. The molecule has 0 bridgehead atoms. The third-order valence-corrected chi connectivity index (χ3v) is 3.90. The molecule has 0 aliphatic rings. The molecule has 0 rings (SSSR count). The van der Waals surface area contributed by atoms with Crippen molar-refractivity contribution in [1.82, 2.24) is 0 Å². The molecule has 0 aromatic heterocycles. The summed E-state index contributed by atoms with van der Waals surface area (Å²) < 4.78 is 11.4. The average molecular weight is 208 g/mol. The summed E-state index contributed by atoms with van der Waals surface area (Å²) in [5.41, 5.74) is 0. The molecule has 74 valence electrons. The van der Waals surface area contributed by atoms with Gasteiger partial charge >= 0.3 is 0 Å². The minimum Gasteiger partial charge on any atom is -0.344 e. The second-order valence-corrected chi connectivity index (χ2v) is 6.42. The van der Waals surface area contributed by atoms with Crippen LogP contribution in [0.25, 0.3) is 0 Å². The Labute approximate surface area is 86.3 Å². The first-order valence-electron chi connectivity index (χ1n) is 4.14. The summed E-state index contributed by atoms with van der Waals surface area (Å²) in [6.45, 7) is 7.90. The lowest BCUT2D eigenvalue weighted by atomic mass is 10.3. The smallest absolute Gasteiger partial charge is 0.201 e. The van der Waals surface area contributed by atoms with Crippen LogP contribution < -0.4 is 0 Å². The molecule has 2 nitrogen and oxygen atoms in total. The molecule has 12 heavy (non-hydrogen) atoms. The zero-order valence-electron chi connectivity index (χ0n) is 7.87. The first kappa shape index (κ1) is 15.2. The summed E-state index contributed by atoms with van der Waals surface area (Å²) in [5, 5.41) is 0. The lowest BCUT2D eigenvalue weighted by molar-refractivity contribution is 0.459. The van der Waals surface area contributed by atoms with E-state index in [2.05, 4.69) is 0 Å². The summed E-state index contributed by atoms with van der Waals surface area (Å²) >= 11 is 0. The first-order valence-corrected chi connectivity index (χ1v) is 6.17. The van der Waals surface area contributed by atoms with E-state index >= 15 is 0 Å². The predicted octanol–water partition coefficient (Wildman–Crippen LogP) is 1.38. The highest BCUT2D eigenvalue weighted by molar-refractivity contribution is 7.58. The highest BCUT2D eigenvalue weighted by atomic mass is 31.2. The minimum absolute atomic E-state index is 0. The van der Waals surface area contributed by atoms with Crippen LogP contribution in [-0.2, 0) is 4.57 Å². The van der Waals surface area contributed by atoms with Crippen LogP contribution in [0.2, 0.25) is 0 Å². The summed E-state index contributed by atoms with van der Waals surface area (Å²) in [5.74, 6) is 0.647. The van der Waals surface area contributed by atoms with Crippen LogP contribution in [0.3, 0.4) is 0 Å². The van der Waals surface area contributed by atoms with Crippen molar-refractivity contribution in [3.63, 3.8) is 0 Å². The highest BCUT2D eigenvalue weighted by Crippen LogP contribution is 2.43. The monoisotopic (exact) mass is 208 g/mol. The van der Waals surface area contributed by atoms with Gasteiger partial charge in [0.1, 0.15) is 0 Å². The molecule has 0 spiro atoms. The van der Waals surface area contributed by atoms with Gasteiger partial charge in [0, 0.05) is 12.3 Å². The molecule has 0 atom stereocenters. The fourth-order valence-corrected chi connectivity index (χ4v) is 3.65. The van der Waals surface area contributed by atoms with Gasteiger partial charge in [0.05, 0.1) is 0 Å². The fourth-order valence-electron chi connectivity index (χ4n) is 1.22. The zero-order valence-corrected chi connectivity index (χ0v) is 8.77. The van der Waals surface area contributed by atoms with Crippen LogP contribution in [0.15, 0.2) is 0 Å². The number of hydrogen-bond donors (Lipinski definition) is 1. The zero-order chi connectivity index (χ0) is 9.07. The van der Waals surface area contributed by atoms with Crippen molar-refractivity contribution in [2.24, 2.45) is 11.8 Å². The Morgan fingerprint density at radius 1 is 1.08 bits per heavy atom. The Hall–Kier alpha value is 0.722. The number of hydrogen-bond acceptors (Lipinski definition) is 1. The predicted molar refractivity (Wildman–Crippen MR) is 59.2 cm³/mol. The second-order valence-electron chi connectivity index (χ2n) is 4.00. The lowest BCUT2D eigenvalue weighted by Gasteiger charge is -2.15. The Bertz CT molecular complexity index is 143. The maximum Gasteiger partial charge on any atom is 0.201 e. The van der Waals surface area contributed by atoms with E-state index in [0.717, 1.165) is 0 Å². The van der Waals surface area contributed by atoms with Crippen LogP contribution in [0, 0.1) is 11.8 Å². The largest absolute Gasteiger partial charge is 0.344 e. The van der Waals surface area contributed by atoms with Crippen LogP contribution >= 0.6 is 7.37 Å². The van der Waals surface area contributed by atoms with Gasteiger partial charge in [-0.25, -0.2) is 0 Å². The maximum atomic E-state index is 11.4. The van der Waals surface area contributed by atoms with Gasteiger partial charge in [-0.1, -0.05) is 27.7 Å². The van der Waals surface area contributed by atoms with Gasteiger partial charge in [0.2, 0.25) is 7.37 Å². The molecule has 0 saturated heterocycles. The maximum absolute atomic E-state index is 11.4. The molecule has 0 fully saturated rings. The van der Waals surface area contributed by atoms with Crippen LogP contribution in [-0.4, -0.2) is 34.6 Å². The van der Waals surface area contributed by atoms with Crippen molar-refractivity contribution < 1.29 is 9.46 Å². The van der Waals surface area contributed by atoms with E-state index in [4.69, 9.17) is 0 Å². The van der Waals surface area contributed by atoms with Gasteiger partial charge in [0.15, 0.2) is 17.4 Å². The molecular weight excluding hydrogens is 186 g/mol. The molecule has 0 heterocycles. The third-order valence-electron chi connectivity index (χ3n) is 1.30. The SMILES string of the molecule is CC(C)CP(=O)(O)CC(C)C.[AlH3]. The Kier molecular flexibility index (Phi) is 7.88. The fraction of sp³-hybridized carbons (Fsp3) is 1.00. The van der Waals surface area contributed by atoms with Crippen LogP contribution in [0.5, 0.6) is 0 Å². The lowest BCUT2D eigenvalue weighted by Crippen LogP contribution is -2.05. The summed E-state index contributed by atoms with van der Waals surface area (Å²) in [7, 11) is -2.80. The molecule has 0 aliphatic carbocycles. The topological polar surface area (TPSA) is 37.3 Å². The molecular formula is C8H22AlO2P. The van der Waals surface area contributed by atoms with Crippen molar-refractivity contribution in [3.05, 3.63) is 0 Å². The van der Waals surface area contributed by atoms with Crippen molar-refractivity contribution in [2.75, 3.05) is 12.3 Å². The van der Waals surface area contributed by atoms with E-state index in [0.29, 0.717) is 24.2 Å². The molecule has 0 radical (unpaired) electrons. The number of rotatable bonds is 4. The van der Waals surface area contributed by atoms with Gasteiger partial charge in [-0.05, 0) is 11.8 Å². The summed E-state index contributed by atoms with van der Waals surface area (Å²) in [6.07, 6.45) is 0.927. The van der Waals surface area contributed by atoms with Crippen LogP contribution in [0.4, 0.5) is 0 Å². The van der Waals surface area contributed by atoms with Gasteiger partial charge in [-0.2, -0.15) is 0 Å². The third kappa shape index (κ3) is 8.82.